The van der Waals surface area contributed by atoms with Gasteiger partial charge in [-0.1, -0.05) is 11.6 Å². The first-order valence-corrected chi connectivity index (χ1v) is 7.59. The maximum absolute atomic E-state index is 14.2. The Morgan fingerprint density at radius 3 is 2.62 bits per heavy atom. The van der Waals surface area contributed by atoms with Gasteiger partial charge in [-0.25, -0.2) is 13.8 Å². The Labute approximate surface area is 137 Å². The molecule has 0 aliphatic rings. The normalized spacial score (nSPS) is 11.3. The maximum atomic E-state index is 14.2. The molecule has 1 aromatic heterocycles. The third-order valence-corrected chi connectivity index (χ3v) is 4.12. The largest absolute Gasteiger partial charge is 0.292 e. The number of alkyl halides is 1. The second-order valence-electron chi connectivity index (χ2n) is 4.35. The molecular weight excluding hydrogens is 385 g/mol. The Kier molecular flexibility index (Phi) is 3.90. The van der Waals surface area contributed by atoms with Crippen LogP contribution in [0.3, 0.4) is 0 Å². The van der Waals surface area contributed by atoms with Crippen molar-refractivity contribution < 1.29 is 8.78 Å². The minimum absolute atomic E-state index is 0.0381. The first kappa shape index (κ1) is 14.8. The lowest BCUT2D eigenvalue weighted by Crippen LogP contribution is -2.03. The van der Waals surface area contributed by atoms with Crippen molar-refractivity contribution in [2.75, 3.05) is 0 Å². The van der Waals surface area contributed by atoms with Crippen LogP contribution in [0.5, 0.6) is 0 Å². The van der Waals surface area contributed by atoms with Crippen LogP contribution in [0.25, 0.3) is 16.7 Å². The van der Waals surface area contributed by atoms with E-state index in [1.54, 1.807) is 18.2 Å². The van der Waals surface area contributed by atoms with E-state index in [1.165, 1.54) is 4.57 Å². The van der Waals surface area contributed by atoms with Crippen molar-refractivity contribution in [2.45, 2.75) is 5.88 Å². The second kappa shape index (κ2) is 5.55. The van der Waals surface area contributed by atoms with Crippen molar-refractivity contribution in [3.05, 3.63) is 57.3 Å². The number of imidazole rings is 1. The zero-order valence-corrected chi connectivity index (χ0v) is 13.5. The number of hydrogen-bond donors (Lipinski definition) is 0. The molecule has 108 valence electrons. The van der Waals surface area contributed by atoms with Gasteiger partial charge in [0.05, 0.1) is 27.1 Å². The monoisotopic (exact) mass is 390 g/mol. The van der Waals surface area contributed by atoms with Crippen molar-refractivity contribution >= 4 is 50.2 Å². The van der Waals surface area contributed by atoms with Gasteiger partial charge in [-0.2, -0.15) is 0 Å². The summed E-state index contributed by atoms with van der Waals surface area (Å²) in [7, 11) is 0. The summed E-state index contributed by atoms with van der Waals surface area (Å²) >= 11 is 14.8. The van der Waals surface area contributed by atoms with Crippen LogP contribution in [0, 0.1) is 11.6 Å². The molecule has 0 radical (unpaired) electrons. The fraction of sp³-hybridized carbons (Fsp3) is 0.0714. The van der Waals surface area contributed by atoms with E-state index in [0.29, 0.717) is 21.9 Å². The molecule has 0 atom stereocenters. The summed E-state index contributed by atoms with van der Waals surface area (Å²) in [4.78, 5) is 4.31. The molecule has 2 aromatic carbocycles. The number of rotatable bonds is 2. The summed E-state index contributed by atoms with van der Waals surface area (Å²) in [6.07, 6.45) is 0. The zero-order valence-electron chi connectivity index (χ0n) is 10.4. The molecule has 21 heavy (non-hydrogen) atoms. The Bertz CT molecular complexity index is 849. The van der Waals surface area contributed by atoms with Crippen molar-refractivity contribution in [3.8, 4) is 5.69 Å². The number of nitrogens with zero attached hydrogens (tertiary/aromatic N) is 2. The van der Waals surface area contributed by atoms with Gasteiger partial charge in [0, 0.05) is 11.1 Å². The smallest absolute Gasteiger partial charge is 0.148 e. The molecule has 0 amide bonds. The van der Waals surface area contributed by atoms with Gasteiger partial charge >= 0.3 is 0 Å². The molecule has 1 heterocycles. The number of halogens is 5. The lowest BCUT2D eigenvalue weighted by atomic mass is 10.2. The first-order chi connectivity index (χ1) is 10.0. The highest BCUT2D eigenvalue weighted by molar-refractivity contribution is 9.10. The second-order valence-corrected chi connectivity index (χ2v) is 5.91. The lowest BCUT2D eigenvalue weighted by molar-refractivity contribution is 0.587. The summed E-state index contributed by atoms with van der Waals surface area (Å²) in [5, 5.41) is 0.475. The van der Waals surface area contributed by atoms with Crippen LogP contribution in [0.2, 0.25) is 5.02 Å². The van der Waals surface area contributed by atoms with Crippen molar-refractivity contribution in [3.63, 3.8) is 0 Å². The van der Waals surface area contributed by atoms with Crippen LogP contribution >= 0.6 is 39.1 Å². The standard InChI is InChI=1S/C14H7BrCl2F2N2/c15-8-4-10(19)12(5-9(8)18)21-13-3-7(17)1-2-11(13)20-14(21)6-16/h1-5H,6H2. The molecule has 3 aromatic rings. The van der Waals surface area contributed by atoms with Crippen LogP contribution < -0.4 is 0 Å². The predicted molar refractivity (Wildman–Crippen MR) is 83.3 cm³/mol. The van der Waals surface area contributed by atoms with Gasteiger partial charge in [0.2, 0.25) is 0 Å². The van der Waals surface area contributed by atoms with E-state index < -0.39 is 11.6 Å². The lowest BCUT2D eigenvalue weighted by Gasteiger charge is -2.10. The van der Waals surface area contributed by atoms with E-state index in [2.05, 4.69) is 20.9 Å². The fourth-order valence-corrected chi connectivity index (χ4v) is 2.80. The first-order valence-electron chi connectivity index (χ1n) is 5.89. The van der Waals surface area contributed by atoms with E-state index in [9.17, 15) is 8.78 Å². The van der Waals surface area contributed by atoms with E-state index in [1.807, 2.05) is 0 Å². The molecule has 3 rings (SSSR count). The zero-order chi connectivity index (χ0) is 15.1. The van der Waals surface area contributed by atoms with Gasteiger partial charge in [-0.3, -0.25) is 4.57 Å². The molecule has 0 aliphatic heterocycles. The molecular formula is C14H7BrCl2F2N2. The number of hydrogen-bond acceptors (Lipinski definition) is 1. The van der Waals surface area contributed by atoms with E-state index in [4.69, 9.17) is 23.2 Å². The minimum Gasteiger partial charge on any atom is -0.292 e. The summed E-state index contributed by atoms with van der Waals surface area (Å²) < 4.78 is 29.5. The summed E-state index contributed by atoms with van der Waals surface area (Å²) in [5.41, 5.74) is 1.22. The quantitative estimate of drug-likeness (QED) is 0.419. The van der Waals surface area contributed by atoms with Crippen LogP contribution in [-0.2, 0) is 5.88 Å². The van der Waals surface area contributed by atoms with Crippen LogP contribution in [0.1, 0.15) is 5.82 Å². The summed E-state index contributed by atoms with van der Waals surface area (Å²) in [6.45, 7) is 0. The van der Waals surface area contributed by atoms with Gasteiger partial charge in [-0.15, -0.1) is 11.6 Å². The van der Waals surface area contributed by atoms with Crippen LogP contribution in [-0.4, -0.2) is 9.55 Å². The third-order valence-electron chi connectivity index (χ3n) is 3.04. The van der Waals surface area contributed by atoms with Gasteiger partial charge in [-0.05, 0) is 40.2 Å². The Morgan fingerprint density at radius 2 is 1.90 bits per heavy atom. The molecule has 0 bridgehead atoms. The van der Waals surface area contributed by atoms with Crippen molar-refractivity contribution in [1.82, 2.24) is 9.55 Å². The van der Waals surface area contributed by atoms with Crippen LogP contribution in [0.4, 0.5) is 8.78 Å². The average molecular weight is 392 g/mol. The Hall–Kier alpha value is -1.17. The fourth-order valence-electron chi connectivity index (χ4n) is 2.14. The third kappa shape index (κ3) is 2.54. The molecule has 0 saturated heterocycles. The van der Waals surface area contributed by atoms with Gasteiger partial charge < -0.3 is 0 Å². The molecule has 0 aliphatic carbocycles. The number of benzene rings is 2. The van der Waals surface area contributed by atoms with E-state index in [-0.39, 0.29) is 16.0 Å². The molecule has 0 unspecified atom stereocenters. The molecule has 0 spiro atoms. The predicted octanol–water partition coefficient (Wildman–Crippen LogP) is 5.46. The highest BCUT2D eigenvalue weighted by Gasteiger charge is 2.17. The van der Waals surface area contributed by atoms with Crippen LogP contribution in [0.15, 0.2) is 34.8 Å². The molecule has 0 fully saturated rings. The van der Waals surface area contributed by atoms with E-state index in [0.717, 1.165) is 12.1 Å². The highest BCUT2D eigenvalue weighted by Crippen LogP contribution is 2.29. The average Bonchev–Trinajstić information content (AvgIpc) is 2.80. The van der Waals surface area contributed by atoms with E-state index >= 15 is 0 Å². The van der Waals surface area contributed by atoms with Gasteiger partial charge in [0.15, 0.2) is 0 Å². The number of fused-ring (bicyclic) bond motifs is 1. The maximum Gasteiger partial charge on any atom is 0.148 e. The van der Waals surface area contributed by atoms with Gasteiger partial charge in [0.1, 0.15) is 17.5 Å². The number of aromatic nitrogens is 2. The van der Waals surface area contributed by atoms with Gasteiger partial charge in [0.25, 0.3) is 0 Å². The highest BCUT2D eigenvalue weighted by atomic mass is 79.9. The molecule has 0 saturated carbocycles. The summed E-state index contributed by atoms with van der Waals surface area (Å²) in [5.74, 6) is -0.692. The summed E-state index contributed by atoms with van der Waals surface area (Å²) in [6, 6.07) is 7.19. The molecule has 7 heteroatoms. The van der Waals surface area contributed by atoms with Crippen molar-refractivity contribution in [2.24, 2.45) is 0 Å². The Morgan fingerprint density at radius 1 is 1.14 bits per heavy atom. The SMILES string of the molecule is Fc1cc(-n2c(CCl)nc3ccc(Cl)cc32)c(F)cc1Br. The molecule has 2 nitrogen and oxygen atoms in total. The molecule has 0 N–H and O–H groups in total. The minimum atomic E-state index is -0.589. The Balaban J connectivity index is 2.38. The topological polar surface area (TPSA) is 17.8 Å². The van der Waals surface area contributed by atoms with Crippen molar-refractivity contribution in [1.29, 1.82) is 0 Å².